The van der Waals surface area contributed by atoms with Crippen LogP contribution in [0.25, 0.3) is 72.5 Å². The van der Waals surface area contributed by atoms with Gasteiger partial charge in [-0.05, 0) is 76.3 Å². The molecule has 5 heteroatoms. The van der Waals surface area contributed by atoms with Crippen LogP contribution >= 0.6 is 0 Å². The van der Waals surface area contributed by atoms with Crippen LogP contribution in [0.1, 0.15) is 22.3 Å². The van der Waals surface area contributed by atoms with Gasteiger partial charge in [-0.2, -0.15) is 0 Å². The fourth-order valence-electron chi connectivity index (χ4n) is 10.2. The fraction of sp³-hybridized carbons (Fsp3) is 0.0169. The zero-order valence-corrected chi connectivity index (χ0v) is 34.5. The molecule has 0 fully saturated rings. The maximum absolute atomic E-state index is 7.06. The van der Waals surface area contributed by atoms with Crippen LogP contribution < -0.4 is 9.47 Å². The van der Waals surface area contributed by atoms with E-state index in [1.165, 1.54) is 38.5 Å². The summed E-state index contributed by atoms with van der Waals surface area (Å²) in [6.45, 7) is 0. The number of benzene rings is 9. The molecule has 0 N–H and O–H groups in total. The summed E-state index contributed by atoms with van der Waals surface area (Å²) in [4.78, 5) is 10.5. The largest absolute Gasteiger partial charge is 0.449 e. The van der Waals surface area contributed by atoms with Crippen molar-refractivity contribution in [2.24, 2.45) is 0 Å². The third kappa shape index (κ3) is 5.37. The molecule has 0 atom stereocenters. The number of rotatable bonds is 6. The number of ether oxygens (including phenoxy) is 2. The molecule has 0 spiro atoms. The average Bonchev–Trinajstić information content (AvgIpc) is 3.87. The minimum atomic E-state index is -0.557. The lowest BCUT2D eigenvalue weighted by Crippen LogP contribution is -2.28. The van der Waals surface area contributed by atoms with Gasteiger partial charge in [0.1, 0.15) is 0 Å². The molecule has 0 bridgehead atoms. The van der Waals surface area contributed by atoms with E-state index in [9.17, 15) is 0 Å². The smallest absolute Gasteiger partial charge is 0.181 e. The van der Waals surface area contributed by atoms with Crippen molar-refractivity contribution in [3.63, 3.8) is 0 Å². The van der Waals surface area contributed by atoms with Crippen LogP contribution in [0.5, 0.6) is 23.0 Å². The molecule has 11 aromatic rings. The van der Waals surface area contributed by atoms with E-state index in [0.717, 1.165) is 50.5 Å². The lowest BCUT2D eigenvalue weighted by Gasteiger charge is -2.34. The maximum Gasteiger partial charge on any atom is 0.181 e. The van der Waals surface area contributed by atoms with Crippen molar-refractivity contribution in [3.05, 3.63) is 247 Å². The minimum Gasteiger partial charge on any atom is -0.449 e. The molecule has 0 saturated carbocycles. The van der Waals surface area contributed by atoms with Gasteiger partial charge in [-0.1, -0.05) is 176 Å². The summed E-state index contributed by atoms with van der Waals surface area (Å²) in [5.74, 6) is 3.08. The second kappa shape index (κ2) is 14.3. The molecule has 0 amide bonds. The first kappa shape index (κ1) is 36.1. The van der Waals surface area contributed by atoms with Gasteiger partial charge >= 0.3 is 0 Å². The number of para-hydroxylation sites is 3. The van der Waals surface area contributed by atoms with Crippen molar-refractivity contribution in [3.8, 4) is 73.7 Å². The molecule has 0 radical (unpaired) electrons. The van der Waals surface area contributed by atoms with E-state index in [-0.39, 0.29) is 0 Å². The highest BCUT2D eigenvalue weighted by atomic mass is 16.6. The van der Waals surface area contributed by atoms with Gasteiger partial charge in [0.05, 0.1) is 33.4 Å². The summed E-state index contributed by atoms with van der Waals surface area (Å²) in [5.41, 5.74) is 14.1. The van der Waals surface area contributed by atoms with Gasteiger partial charge in [-0.15, -0.1) is 0 Å². The molecule has 3 heterocycles. The third-order valence-corrected chi connectivity index (χ3v) is 13.0. The molecule has 0 unspecified atom stereocenters. The highest BCUT2D eigenvalue weighted by Gasteiger charge is 2.48. The quantitative estimate of drug-likeness (QED) is 0.168. The summed E-state index contributed by atoms with van der Waals surface area (Å²) in [6.07, 6.45) is 0. The standard InChI is InChI=1S/C59H37N3O2/c1-4-17-38(18-5-1)49-37-50(39-31-33-42(34-32-39)62-51-28-14-11-23-43(51)44-24-12-15-29-52(44)62)61-58(60-49)46-26-16-30-53-56(46)63-54-36-35-48-55(57(54)64-53)45-25-10-13-27-47(45)59(48,40-19-6-2-7-20-40)41-21-8-3-9-22-41/h1-37H. The Labute approximate surface area is 370 Å². The fourth-order valence-corrected chi connectivity index (χ4v) is 10.2. The molecular weight excluding hydrogens is 783 g/mol. The molecule has 9 aromatic carbocycles. The molecule has 64 heavy (non-hydrogen) atoms. The first-order valence-electron chi connectivity index (χ1n) is 21.6. The van der Waals surface area contributed by atoms with E-state index < -0.39 is 5.41 Å². The molecule has 0 saturated heterocycles. The average molecular weight is 820 g/mol. The molecular formula is C59H37N3O2. The first-order valence-corrected chi connectivity index (χ1v) is 21.6. The highest BCUT2D eigenvalue weighted by Crippen LogP contribution is 2.62. The molecule has 300 valence electrons. The van der Waals surface area contributed by atoms with Crippen molar-refractivity contribution >= 4 is 21.8 Å². The second-order valence-corrected chi connectivity index (χ2v) is 16.4. The van der Waals surface area contributed by atoms with Gasteiger partial charge in [0.2, 0.25) is 0 Å². The summed E-state index contributed by atoms with van der Waals surface area (Å²) in [6, 6.07) is 78.7. The van der Waals surface area contributed by atoms with Crippen molar-refractivity contribution in [2.75, 3.05) is 0 Å². The highest BCUT2D eigenvalue weighted by molar-refractivity contribution is 6.09. The van der Waals surface area contributed by atoms with Gasteiger partial charge in [0.25, 0.3) is 0 Å². The molecule has 13 rings (SSSR count). The second-order valence-electron chi connectivity index (χ2n) is 16.4. The summed E-state index contributed by atoms with van der Waals surface area (Å²) in [7, 11) is 0. The van der Waals surface area contributed by atoms with Crippen LogP contribution in [-0.2, 0) is 5.41 Å². The van der Waals surface area contributed by atoms with E-state index in [4.69, 9.17) is 19.4 Å². The van der Waals surface area contributed by atoms with Crippen LogP contribution in [0, 0.1) is 0 Å². The molecule has 5 nitrogen and oxygen atoms in total. The number of hydrogen-bond donors (Lipinski definition) is 0. The van der Waals surface area contributed by atoms with Crippen molar-refractivity contribution in [1.82, 2.24) is 14.5 Å². The Bertz CT molecular complexity index is 3510. The summed E-state index contributed by atoms with van der Waals surface area (Å²) >= 11 is 0. The molecule has 2 aliphatic rings. The minimum absolute atomic E-state index is 0.547. The Balaban J connectivity index is 0.936. The third-order valence-electron chi connectivity index (χ3n) is 13.0. The van der Waals surface area contributed by atoms with Crippen LogP contribution in [0.4, 0.5) is 0 Å². The lowest BCUT2D eigenvalue weighted by molar-refractivity contribution is 0.361. The zero-order valence-electron chi connectivity index (χ0n) is 34.5. The first-order chi connectivity index (χ1) is 31.7. The predicted molar refractivity (Wildman–Crippen MR) is 257 cm³/mol. The Morgan fingerprint density at radius 3 is 1.59 bits per heavy atom. The normalized spacial score (nSPS) is 13.1. The molecule has 1 aliphatic heterocycles. The Morgan fingerprint density at radius 2 is 0.922 bits per heavy atom. The lowest BCUT2D eigenvalue weighted by atomic mass is 9.68. The van der Waals surface area contributed by atoms with Crippen LogP contribution in [0.3, 0.4) is 0 Å². The predicted octanol–water partition coefficient (Wildman–Crippen LogP) is 14.8. The van der Waals surface area contributed by atoms with Crippen molar-refractivity contribution in [1.29, 1.82) is 0 Å². The Morgan fingerprint density at radius 1 is 0.391 bits per heavy atom. The van der Waals surface area contributed by atoms with Gasteiger partial charge in [-0.3, -0.25) is 0 Å². The maximum atomic E-state index is 7.06. The molecule has 2 aromatic heterocycles. The van der Waals surface area contributed by atoms with Crippen molar-refractivity contribution in [2.45, 2.75) is 5.41 Å². The number of nitrogens with zero attached hydrogens (tertiary/aromatic N) is 3. The van der Waals surface area contributed by atoms with Crippen LogP contribution in [0.15, 0.2) is 224 Å². The summed E-state index contributed by atoms with van der Waals surface area (Å²) in [5, 5.41) is 2.47. The Kier molecular flexibility index (Phi) is 8.06. The number of hydrogen-bond acceptors (Lipinski definition) is 4. The SMILES string of the molecule is c1ccc(-c2cc(-c3ccc(-n4c5ccccc5c5ccccc54)cc3)nc(-c3cccc4c3Oc3ccc5c(c3O4)-c3ccccc3C5(c3ccccc3)c3ccccc3)n2)cc1. The van der Waals surface area contributed by atoms with E-state index in [1.54, 1.807) is 0 Å². The van der Waals surface area contributed by atoms with E-state index >= 15 is 0 Å². The zero-order chi connectivity index (χ0) is 42.2. The van der Waals surface area contributed by atoms with Crippen LogP contribution in [0.2, 0.25) is 0 Å². The van der Waals surface area contributed by atoms with Gasteiger partial charge in [-0.25, -0.2) is 9.97 Å². The summed E-state index contributed by atoms with van der Waals surface area (Å²) < 4.78 is 16.4. The van der Waals surface area contributed by atoms with E-state index in [2.05, 4.69) is 193 Å². The van der Waals surface area contributed by atoms with Crippen LogP contribution in [-0.4, -0.2) is 14.5 Å². The number of fused-ring (bicyclic) bond motifs is 9. The van der Waals surface area contributed by atoms with E-state index in [0.29, 0.717) is 28.8 Å². The molecule has 1 aliphatic carbocycles. The topological polar surface area (TPSA) is 49.2 Å². The van der Waals surface area contributed by atoms with Gasteiger partial charge < -0.3 is 14.0 Å². The van der Waals surface area contributed by atoms with Gasteiger partial charge in [0.15, 0.2) is 28.8 Å². The van der Waals surface area contributed by atoms with E-state index in [1.807, 2.05) is 36.4 Å². The monoisotopic (exact) mass is 819 g/mol. The van der Waals surface area contributed by atoms with Crippen molar-refractivity contribution < 1.29 is 9.47 Å². The number of aromatic nitrogens is 3. The van der Waals surface area contributed by atoms with Gasteiger partial charge in [0, 0.05) is 33.2 Å². The Hall–Kier alpha value is -8.54.